The van der Waals surface area contributed by atoms with Crippen molar-refractivity contribution in [3.8, 4) is 0 Å². The number of hydrogen-bond donors (Lipinski definition) is 0. The number of fused-ring (bicyclic) bond motifs is 1. The van der Waals surface area contributed by atoms with Crippen LogP contribution in [0.1, 0.15) is 0 Å². The first kappa shape index (κ1) is 7.12. The summed E-state index contributed by atoms with van der Waals surface area (Å²) in [5.41, 5.74) is 0. The van der Waals surface area contributed by atoms with Crippen LogP contribution < -0.4 is 0 Å². The van der Waals surface area contributed by atoms with Crippen molar-refractivity contribution in [2.75, 3.05) is 0 Å². The second-order valence-electron chi connectivity index (χ2n) is 1.93. The van der Waals surface area contributed by atoms with E-state index >= 15 is 0 Å². The second-order valence-corrected chi connectivity index (χ2v) is 3.64. The van der Waals surface area contributed by atoms with Crippen molar-refractivity contribution in [1.29, 1.82) is 0 Å². The summed E-state index contributed by atoms with van der Waals surface area (Å²) in [6, 6.07) is 0. The molecular formula is C6H2BrFN2S. The summed E-state index contributed by atoms with van der Waals surface area (Å²) in [5.74, 6) is -0.469. The summed E-state index contributed by atoms with van der Waals surface area (Å²) in [7, 11) is 0. The Hall–Kier alpha value is -0.550. The van der Waals surface area contributed by atoms with Crippen LogP contribution in [0.5, 0.6) is 0 Å². The maximum atomic E-state index is 12.9. The van der Waals surface area contributed by atoms with Crippen LogP contribution in [0.3, 0.4) is 0 Å². The third-order valence-corrected chi connectivity index (χ3v) is 3.09. The Morgan fingerprint density at radius 3 is 3.00 bits per heavy atom. The van der Waals surface area contributed by atoms with Gasteiger partial charge < -0.3 is 0 Å². The first-order chi connectivity index (χ1) is 5.29. The highest BCUT2D eigenvalue weighted by Crippen LogP contribution is 2.29. The molecule has 0 atom stereocenters. The summed E-state index contributed by atoms with van der Waals surface area (Å²) in [5, 5.41) is 2.26. The molecule has 0 unspecified atom stereocenters. The zero-order valence-electron chi connectivity index (χ0n) is 5.21. The van der Waals surface area contributed by atoms with Crippen molar-refractivity contribution < 1.29 is 4.39 Å². The fourth-order valence-corrected chi connectivity index (χ4v) is 2.32. The molecule has 0 fully saturated rings. The highest BCUT2D eigenvalue weighted by Gasteiger charge is 2.07. The topological polar surface area (TPSA) is 25.8 Å². The van der Waals surface area contributed by atoms with E-state index in [1.54, 1.807) is 5.38 Å². The molecule has 5 heteroatoms. The SMILES string of the molecule is Fc1ncnc2scc(Br)c12. The number of halogens is 2. The molecule has 0 bridgehead atoms. The molecule has 0 aromatic carbocycles. The monoisotopic (exact) mass is 232 g/mol. The molecule has 0 aliphatic carbocycles. The summed E-state index contributed by atoms with van der Waals surface area (Å²) >= 11 is 4.60. The van der Waals surface area contributed by atoms with Crippen molar-refractivity contribution in [3.05, 3.63) is 22.1 Å². The minimum Gasteiger partial charge on any atom is -0.225 e. The van der Waals surface area contributed by atoms with Gasteiger partial charge in [-0.2, -0.15) is 4.39 Å². The van der Waals surface area contributed by atoms with Crippen molar-refractivity contribution in [2.24, 2.45) is 0 Å². The Labute approximate surface area is 74.2 Å². The number of nitrogens with zero attached hydrogens (tertiary/aromatic N) is 2. The highest BCUT2D eigenvalue weighted by molar-refractivity contribution is 9.10. The normalized spacial score (nSPS) is 10.7. The molecule has 0 radical (unpaired) electrons. The first-order valence-corrected chi connectivity index (χ1v) is 4.49. The standard InChI is InChI=1S/C6H2BrFN2S/c7-3-1-11-6-4(3)5(8)9-2-10-6/h1-2H. The maximum Gasteiger partial charge on any atom is 0.225 e. The third-order valence-electron chi connectivity index (χ3n) is 1.28. The lowest BCUT2D eigenvalue weighted by atomic mass is 10.4. The molecule has 0 N–H and O–H groups in total. The van der Waals surface area contributed by atoms with Crippen molar-refractivity contribution in [2.45, 2.75) is 0 Å². The molecule has 0 spiro atoms. The molecule has 2 nitrogen and oxygen atoms in total. The lowest BCUT2D eigenvalue weighted by Crippen LogP contribution is -1.83. The summed E-state index contributed by atoms with van der Waals surface area (Å²) in [4.78, 5) is 8.01. The summed E-state index contributed by atoms with van der Waals surface area (Å²) < 4.78 is 13.6. The van der Waals surface area contributed by atoms with E-state index in [9.17, 15) is 4.39 Å². The largest absolute Gasteiger partial charge is 0.225 e. The van der Waals surface area contributed by atoms with Crippen LogP contribution in [0.4, 0.5) is 4.39 Å². The predicted molar refractivity (Wildman–Crippen MR) is 45.1 cm³/mol. The quantitative estimate of drug-likeness (QED) is 0.653. The van der Waals surface area contributed by atoms with E-state index in [1.807, 2.05) is 0 Å². The molecule has 0 saturated carbocycles. The van der Waals surface area contributed by atoms with Crippen LogP contribution in [0.25, 0.3) is 10.2 Å². The Morgan fingerprint density at radius 2 is 2.27 bits per heavy atom. The van der Waals surface area contributed by atoms with Crippen LogP contribution in [0.15, 0.2) is 16.2 Å². The van der Waals surface area contributed by atoms with Gasteiger partial charge in [-0.05, 0) is 15.9 Å². The Balaban J connectivity index is 2.96. The fourth-order valence-electron chi connectivity index (χ4n) is 0.806. The van der Waals surface area contributed by atoms with Crippen LogP contribution in [0.2, 0.25) is 0 Å². The molecule has 0 amide bonds. The van der Waals surface area contributed by atoms with E-state index in [4.69, 9.17) is 0 Å². The number of hydrogen-bond acceptors (Lipinski definition) is 3. The minimum atomic E-state index is -0.469. The average molecular weight is 233 g/mol. The van der Waals surface area contributed by atoms with E-state index in [-0.39, 0.29) is 0 Å². The molecule has 2 aromatic rings. The van der Waals surface area contributed by atoms with Gasteiger partial charge in [0.05, 0.1) is 5.39 Å². The lowest BCUT2D eigenvalue weighted by Gasteiger charge is -1.88. The van der Waals surface area contributed by atoms with Crippen molar-refractivity contribution in [3.63, 3.8) is 0 Å². The first-order valence-electron chi connectivity index (χ1n) is 2.82. The third kappa shape index (κ3) is 1.04. The Bertz CT molecular complexity index is 400. The molecule has 0 aliphatic heterocycles. The lowest BCUT2D eigenvalue weighted by molar-refractivity contribution is 0.594. The van der Waals surface area contributed by atoms with Gasteiger partial charge in [0.15, 0.2) is 0 Å². The van der Waals surface area contributed by atoms with E-state index in [0.717, 1.165) is 4.47 Å². The predicted octanol–water partition coefficient (Wildman–Crippen LogP) is 2.59. The van der Waals surface area contributed by atoms with Gasteiger partial charge in [-0.1, -0.05) is 0 Å². The molecule has 11 heavy (non-hydrogen) atoms. The fraction of sp³-hybridized carbons (Fsp3) is 0. The zero-order valence-corrected chi connectivity index (χ0v) is 7.62. The molecule has 56 valence electrons. The highest BCUT2D eigenvalue weighted by atomic mass is 79.9. The summed E-state index contributed by atoms with van der Waals surface area (Å²) in [6.07, 6.45) is 1.22. The van der Waals surface area contributed by atoms with E-state index in [0.29, 0.717) is 10.2 Å². The van der Waals surface area contributed by atoms with Gasteiger partial charge in [-0.25, -0.2) is 9.97 Å². The molecule has 2 rings (SSSR count). The Morgan fingerprint density at radius 1 is 1.45 bits per heavy atom. The number of rotatable bonds is 0. The maximum absolute atomic E-state index is 12.9. The van der Waals surface area contributed by atoms with Gasteiger partial charge in [-0.15, -0.1) is 11.3 Å². The smallest absolute Gasteiger partial charge is 0.225 e. The van der Waals surface area contributed by atoms with Crippen LogP contribution in [-0.2, 0) is 0 Å². The molecular weight excluding hydrogens is 231 g/mol. The van der Waals surface area contributed by atoms with Gasteiger partial charge in [0, 0.05) is 9.85 Å². The number of thiophene rings is 1. The van der Waals surface area contributed by atoms with Gasteiger partial charge in [0.25, 0.3) is 0 Å². The minimum absolute atomic E-state index is 0.469. The van der Waals surface area contributed by atoms with Crippen molar-refractivity contribution >= 4 is 37.5 Å². The van der Waals surface area contributed by atoms with Gasteiger partial charge in [0.1, 0.15) is 11.2 Å². The van der Waals surface area contributed by atoms with Crippen LogP contribution in [-0.4, -0.2) is 9.97 Å². The second kappa shape index (κ2) is 2.49. The van der Waals surface area contributed by atoms with E-state index in [1.165, 1.54) is 17.7 Å². The Kier molecular flexibility index (Phi) is 1.61. The summed E-state index contributed by atoms with van der Waals surface area (Å²) in [6.45, 7) is 0. The van der Waals surface area contributed by atoms with E-state index < -0.39 is 5.95 Å². The molecule has 0 aliphatic rings. The molecule has 0 saturated heterocycles. The zero-order chi connectivity index (χ0) is 7.84. The van der Waals surface area contributed by atoms with E-state index in [2.05, 4.69) is 25.9 Å². The van der Waals surface area contributed by atoms with Crippen LogP contribution >= 0.6 is 27.3 Å². The van der Waals surface area contributed by atoms with Gasteiger partial charge >= 0.3 is 0 Å². The molecule has 2 heterocycles. The van der Waals surface area contributed by atoms with Gasteiger partial charge in [0.2, 0.25) is 5.95 Å². The number of aromatic nitrogens is 2. The molecule has 2 aromatic heterocycles. The average Bonchev–Trinajstić information content (AvgIpc) is 2.34. The van der Waals surface area contributed by atoms with Gasteiger partial charge in [-0.3, -0.25) is 0 Å². The van der Waals surface area contributed by atoms with Crippen LogP contribution in [0, 0.1) is 5.95 Å². The van der Waals surface area contributed by atoms with Crippen molar-refractivity contribution in [1.82, 2.24) is 9.97 Å².